The highest BCUT2D eigenvalue weighted by Crippen LogP contribution is 2.28. The zero-order valence-electron chi connectivity index (χ0n) is 14.4. The summed E-state index contributed by atoms with van der Waals surface area (Å²) in [5.74, 6) is 1.15. The molecule has 2 heterocycles. The minimum atomic E-state index is -0.243. The van der Waals surface area contributed by atoms with Crippen LogP contribution in [-0.2, 0) is 6.54 Å². The predicted molar refractivity (Wildman–Crippen MR) is 101 cm³/mol. The Morgan fingerprint density at radius 2 is 1.92 bits per heavy atom. The van der Waals surface area contributed by atoms with E-state index in [2.05, 4.69) is 10.2 Å². The number of hydrogen-bond donors (Lipinski definition) is 2. The van der Waals surface area contributed by atoms with Gasteiger partial charge in [-0.25, -0.2) is 9.37 Å². The number of rotatable bonds is 5. The van der Waals surface area contributed by atoms with Crippen LogP contribution in [0.2, 0.25) is 0 Å². The van der Waals surface area contributed by atoms with Gasteiger partial charge in [-0.05, 0) is 42.7 Å². The summed E-state index contributed by atoms with van der Waals surface area (Å²) >= 11 is 0. The Bertz CT molecular complexity index is 900. The van der Waals surface area contributed by atoms with Crippen LogP contribution in [0.5, 0.6) is 0 Å². The number of hydrogen-bond acceptors (Lipinski definition) is 5. The summed E-state index contributed by atoms with van der Waals surface area (Å²) in [4.78, 5) is 11.5. The first-order valence-corrected chi connectivity index (χ1v) is 8.87. The Hall–Kier alpha value is -2.73. The highest BCUT2D eigenvalue weighted by Gasteiger charge is 2.26. The van der Waals surface area contributed by atoms with Crippen molar-refractivity contribution in [1.29, 1.82) is 0 Å². The molecule has 134 valence electrons. The van der Waals surface area contributed by atoms with Crippen LogP contribution >= 0.6 is 0 Å². The molecule has 0 spiro atoms. The van der Waals surface area contributed by atoms with Crippen LogP contribution in [0.15, 0.2) is 48.5 Å². The summed E-state index contributed by atoms with van der Waals surface area (Å²) in [6.07, 6.45) is 1.98. The van der Waals surface area contributed by atoms with Gasteiger partial charge in [0.1, 0.15) is 11.6 Å². The van der Waals surface area contributed by atoms with E-state index in [9.17, 15) is 9.50 Å². The lowest BCUT2D eigenvalue weighted by atomic mass is 10.2. The van der Waals surface area contributed by atoms with Crippen molar-refractivity contribution in [2.24, 2.45) is 0 Å². The summed E-state index contributed by atoms with van der Waals surface area (Å²) < 4.78 is 13.1. The smallest absolute Gasteiger partial charge is 0.228 e. The third kappa shape index (κ3) is 3.32. The fourth-order valence-corrected chi connectivity index (χ4v) is 3.40. The topological polar surface area (TPSA) is 61.3 Å². The third-order valence-corrected chi connectivity index (χ3v) is 4.81. The first kappa shape index (κ1) is 16.7. The third-order valence-electron chi connectivity index (χ3n) is 4.81. The normalized spacial score (nSPS) is 17.0. The number of halogens is 1. The van der Waals surface area contributed by atoms with Crippen molar-refractivity contribution in [2.75, 3.05) is 23.4 Å². The molecule has 26 heavy (non-hydrogen) atoms. The molecule has 0 radical (unpaired) electrons. The van der Waals surface area contributed by atoms with E-state index in [0.717, 1.165) is 41.7 Å². The number of benzene rings is 2. The van der Waals surface area contributed by atoms with Crippen LogP contribution in [0.25, 0.3) is 10.9 Å². The number of aliphatic hydroxyl groups excluding tert-OH is 1. The van der Waals surface area contributed by atoms with Crippen molar-refractivity contribution in [2.45, 2.75) is 25.4 Å². The molecule has 3 aromatic rings. The van der Waals surface area contributed by atoms with Crippen molar-refractivity contribution in [1.82, 2.24) is 9.97 Å². The highest BCUT2D eigenvalue weighted by atomic mass is 19.1. The van der Waals surface area contributed by atoms with Crippen molar-refractivity contribution >= 4 is 22.7 Å². The van der Waals surface area contributed by atoms with Crippen LogP contribution in [-0.4, -0.2) is 34.3 Å². The Morgan fingerprint density at radius 1 is 1.12 bits per heavy atom. The second-order valence-corrected chi connectivity index (χ2v) is 6.54. The van der Waals surface area contributed by atoms with Gasteiger partial charge in [-0.3, -0.25) is 0 Å². The zero-order chi connectivity index (χ0) is 17.9. The van der Waals surface area contributed by atoms with Gasteiger partial charge < -0.3 is 15.3 Å². The lowest BCUT2D eigenvalue weighted by Crippen LogP contribution is -2.33. The Morgan fingerprint density at radius 3 is 2.73 bits per heavy atom. The molecular formula is C20H21FN4O. The number of para-hydroxylation sites is 1. The molecule has 4 rings (SSSR count). The Kier molecular flexibility index (Phi) is 4.67. The van der Waals surface area contributed by atoms with Crippen molar-refractivity contribution < 1.29 is 9.50 Å². The van der Waals surface area contributed by atoms with E-state index in [1.54, 1.807) is 12.1 Å². The molecule has 0 aliphatic carbocycles. The van der Waals surface area contributed by atoms with Crippen LogP contribution in [0, 0.1) is 5.82 Å². The maximum Gasteiger partial charge on any atom is 0.228 e. The number of aromatic nitrogens is 2. The van der Waals surface area contributed by atoms with E-state index in [0.29, 0.717) is 12.5 Å². The van der Waals surface area contributed by atoms with Crippen molar-refractivity contribution in [3.63, 3.8) is 0 Å². The lowest BCUT2D eigenvalue weighted by molar-refractivity contribution is 0.265. The summed E-state index contributed by atoms with van der Waals surface area (Å²) in [5.41, 5.74) is 1.84. The number of anilines is 2. The quantitative estimate of drug-likeness (QED) is 0.737. The highest BCUT2D eigenvalue weighted by molar-refractivity contribution is 5.90. The van der Waals surface area contributed by atoms with E-state index >= 15 is 0 Å². The standard InChI is InChI=1S/C20H21FN4O/c21-15-9-7-14(8-10-15)12-22-19-17-5-1-2-6-18(17)23-20(24-19)25-11-3-4-16(25)13-26/h1-2,5-10,16,26H,3-4,11-13H2,(H,22,23,24). The summed E-state index contributed by atoms with van der Waals surface area (Å²) in [5, 5.41) is 13.9. The second kappa shape index (κ2) is 7.25. The molecule has 1 fully saturated rings. The minimum absolute atomic E-state index is 0.0705. The maximum absolute atomic E-state index is 13.1. The van der Waals surface area contributed by atoms with Crippen LogP contribution in [0.4, 0.5) is 16.2 Å². The van der Waals surface area contributed by atoms with E-state index in [1.807, 2.05) is 24.3 Å². The number of aliphatic hydroxyl groups is 1. The molecule has 2 aromatic carbocycles. The number of nitrogens with one attached hydrogen (secondary N) is 1. The molecule has 5 nitrogen and oxygen atoms in total. The molecule has 1 unspecified atom stereocenters. The van der Waals surface area contributed by atoms with Gasteiger partial charge in [0.15, 0.2) is 0 Å². The van der Waals surface area contributed by atoms with Gasteiger partial charge in [0.25, 0.3) is 0 Å². The number of fused-ring (bicyclic) bond motifs is 1. The predicted octanol–water partition coefficient (Wildman–Crippen LogP) is 3.34. The van der Waals surface area contributed by atoms with E-state index in [1.165, 1.54) is 12.1 Å². The maximum atomic E-state index is 13.1. The van der Waals surface area contributed by atoms with E-state index in [4.69, 9.17) is 9.97 Å². The molecule has 0 saturated carbocycles. The van der Waals surface area contributed by atoms with Gasteiger partial charge in [0, 0.05) is 18.5 Å². The van der Waals surface area contributed by atoms with Crippen LogP contribution in [0.3, 0.4) is 0 Å². The molecule has 1 aromatic heterocycles. The van der Waals surface area contributed by atoms with Crippen molar-refractivity contribution in [3.8, 4) is 0 Å². The van der Waals surface area contributed by atoms with Crippen LogP contribution < -0.4 is 10.2 Å². The van der Waals surface area contributed by atoms with Crippen molar-refractivity contribution in [3.05, 3.63) is 59.9 Å². The fourth-order valence-electron chi connectivity index (χ4n) is 3.40. The fraction of sp³-hybridized carbons (Fsp3) is 0.300. The van der Waals surface area contributed by atoms with E-state index < -0.39 is 0 Å². The first-order chi connectivity index (χ1) is 12.7. The largest absolute Gasteiger partial charge is 0.394 e. The average Bonchev–Trinajstić information content (AvgIpc) is 3.16. The molecule has 1 aliphatic heterocycles. The first-order valence-electron chi connectivity index (χ1n) is 8.87. The van der Waals surface area contributed by atoms with E-state index in [-0.39, 0.29) is 18.5 Å². The Balaban J connectivity index is 1.66. The zero-order valence-corrected chi connectivity index (χ0v) is 14.4. The van der Waals surface area contributed by atoms with Gasteiger partial charge in [-0.15, -0.1) is 0 Å². The second-order valence-electron chi connectivity index (χ2n) is 6.54. The SMILES string of the molecule is OCC1CCCN1c1nc(NCc2ccc(F)cc2)c2ccccc2n1. The molecule has 6 heteroatoms. The summed E-state index contributed by atoms with van der Waals surface area (Å²) in [6.45, 7) is 1.50. The Labute approximate surface area is 151 Å². The van der Waals surface area contributed by atoms with Gasteiger partial charge >= 0.3 is 0 Å². The molecule has 1 saturated heterocycles. The number of nitrogens with zero attached hydrogens (tertiary/aromatic N) is 3. The minimum Gasteiger partial charge on any atom is -0.394 e. The monoisotopic (exact) mass is 352 g/mol. The van der Waals surface area contributed by atoms with Crippen LogP contribution in [0.1, 0.15) is 18.4 Å². The molecule has 1 aliphatic rings. The molecule has 0 amide bonds. The molecule has 0 bridgehead atoms. The molecule has 1 atom stereocenters. The summed E-state index contributed by atoms with van der Waals surface area (Å²) in [6, 6.07) is 14.4. The molecular weight excluding hydrogens is 331 g/mol. The van der Waals surface area contributed by atoms with Gasteiger partial charge in [-0.2, -0.15) is 4.98 Å². The van der Waals surface area contributed by atoms with Gasteiger partial charge in [-0.1, -0.05) is 24.3 Å². The van der Waals surface area contributed by atoms with Gasteiger partial charge in [0.2, 0.25) is 5.95 Å². The molecule has 2 N–H and O–H groups in total. The lowest BCUT2D eigenvalue weighted by Gasteiger charge is -2.24. The van der Waals surface area contributed by atoms with Gasteiger partial charge in [0.05, 0.1) is 18.2 Å². The average molecular weight is 352 g/mol. The summed E-state index contributed by atoms with van der Waals surface area (Å²) in [7, 11) is 0.